The number of amides is 1. The molecule has 0 atom stereocenters. The van der Waals surface area contributed by atoms with Gasteiger partial charge in [-0.1, -0.05) is 6.07 Å². The molecule has 0 spiro atoms. The number of rotatable bonds is 7. The van der Waals surface area contributed by atoms with Crippen LogP contribution in [0.15, 0.2) is 29.2 Å². The van der Waals surface area contributed by atoms with E-state index in [2.05, 4.69) is 31.4 Å². The monoisotopic (exact) mass is 341 g/mol. The standard InChI is InChI=1S/C16H27N3O3S/c1-16(2,3)18-11-7-10-17-15(20)13-8-6-9-14(12-13)23(21,22)19(4)5/h6,8-9,12,18H,7,10-11H2,1-5H3,(H,17,20). The van der Waals surface area contributed by atoms with E-state index in [-0.39, 0.29) is 16.3 Å². The van der Waals surface area contributed by atoms with Crippen molar-refractivity contribution in [2.45, 2.75) is 37.6 Å². The summed E-state index contributed by atoms with van der Waals surface area (Å²) in [4.78, 5) is 12.2. The van der Waals surface area contributed by atoms with Crippen LogP contribution in [-0.4, -0.2) is 51.4 Å². The summed E-state index contributed by atoms with van der Waals surface area (Å²) in [6.45, 7) is 7.60. The first-order valence-electron chi connectivity index (χ1n) is 7.60. The second-order valence-corrected chi connectivity index (χ2v) is 8.75. The van der Waals surface area contributed by atoms with Crippen molar-refractivity contribution in [3.63, 3.8) is 0 Å². The van der Waals surface area contributed by atoms with Gasteiger partial charge < -0.3 is 10.6 Å². The second-order valence-electron chi connectivity index (χ2n) is 6.60. The van der Waals surface area contributed by atoms with Crippen LogP contribution in [0.3, 0.4) is 0 Å². The minimum absolute atomic E-state index is 0.0544. The Morgan fingerprint density at radius 3 is 2.39 bits per heavy atom. The lowest BCUT2D eigenvalue weighted by Crippen LogP contribution is -2.37. The number of nitrogens with one attached hydrogen (secondary N) is 2. The number of nitrogens with zero attached hydrogens (tertiary/aromatic N) is 1. The molecule has 1 amide bonds. The van der Waals surface area contributed by atoms with E-state index in [1.54, 1.807) is 12.1 Å². The molecule has 2 N–H and O–H groups in total. The van der Waals surface area contributed by atoms with Crippen molar-refractivity contribution in [3.05, 3.63) is 29.8 Å². The maximum Gasteiger partial charge on any atom is 0.251 e. The van der Waals surface area contributed by atoms with Crippen LogP contribution < -0.4 is 10.6 Å². The van der Waals surface area contributed by atoms with E-state index in [0.717, 1.165) is 17.3 Å². The zero-order valence-corrected chi connectivity index (χ0v) is 15.3. The van der Waals surface area contributed by atoms with Gasteiger partial charge in [0.25, 0.3) is 5.91 Å². The summed E-state index contributed by atoms with van der Waals surface area (Å²) in [5, 5.41) is 6.15. The lowest BCUT2D eigenvalue weighted by molar-refractivity contribution is 0.0953. The fourth-order valence-corrected chi connectivity index (χ4v) is 2.81. The van der Waals surface area contributed by atoms with E-state index < -0.39 is 10.0 Å². The van der Waals surface area contributed by atoms with Crippen molar-refractivity contribution < 1.29 is 13.2 Å². The molecule has 0 aromatic heterocycles. The van der Waals surface area contributed by atoms with Gasteiger partial charge >= 0.3 is 0 Å². The van der Waals surface area contributed by atoms with Crippen LogP contribution in [-0.2, 0) is 10.0 Å². The Kier molecular flexibility index (Phi) is 6.73. The molecule has 0 radical (unpaired) electrons. The quantitative estimate of drug-likeness (QED) is 0.736. The smallest absolute Gasteiger partial charge is 0.251 e. The third kappa shape index (κ3) is 6.29. The normalized spacial score (nSPS) is 12.4. The van der Waals surface area contributed by atoms with Crippen LogP contribution in [0.4, 0.5) is 0 Å². The van der Waals surface area contributed by atoms with E-state index in [1.807, 2.05) is 0 Å². The minimum atomic E-state index is -3.54. The molecule has 1 aromatic rings. The van der Waals surface area contributed by atoms with Gasteiger partial charge in [-0.2, -0.15) is 0 Å². The number of sulfonamides is 1. The Balaban J connectivity index is 2.61. The number of hydrogen-bond donors (Lipinski definition) is 2. The van der Waals surface area contributed by atoms with E-state index in [0.29, 0.717) is 12.1 Å². The van der Waals surface area contributed by atoms with Gasteiger partial charge in [0.1, 0.15) is 0 Å². The third-order valence-electron chi connectivity index (χ3n) is 3.17. The van der Waals surface area contributed by atoms with Gasteiger partial charge in [0.05, 0.1) is 4.90 Å². The first-order chi connectivity index (χ1) is 10.5. The largest absolute Gasteiger partial charge is 0.352 e. The van der Waals surface area contributed by atoms with Gasteiger partial charge in [0.2, 0.25) is 10.0 Å². The van der Waals surface area contributed by atoms with Gasteiger partial charge in [-0.25, -0.2) is 12.7 Å². The van der Waals surface area contributed by atoms with Crippen LogP contribution in [0.1, 0.15) is 37.6 Å². The van der Waals surface area contributed by atoms with Crippen molar-refractivity contribution in [3.8, 4) is 0 Å². The summed E-state index contributed by atoms with van der Waals surface area (Å²) in [6, 6.07) is 6.07. The Hall–Kier alpha value is -1.44. The molecule has 0 saturated carbocycles. The van der Waals surface area contributed by atoms with Crippen molar-refractivity contribution in [2.24, 2.45) is 0 Å². The molecule has 23 heavy (non-hydrogen) atoms. The van der Waals surface area contributed by atoms with Crippen LogP contribution in [0.2, 0.25) is 0 Å². The predicted octanol–water partition coefficient (Wildman–Crippen LogP) is 1.44. The molecule has 0 bridgehead atoms. The lowest BCUT2D eigenvalue weighted by Gasteiger charge is -2.20. The molecule has 0 aliphatic carbocycles. The molecular formula is C16H27N3O3S. The van der Waals surface area contributed by atoms with Gasteiger partial charge in [0, 0.05) is 31.7 Å². The molecule has 0 aliphatic rings. The Labute approximate surface area is 139 Å². The summed E-state index contributed by atoms with van der Waals surface area (Å²) >= 11 is 0. The van der Waals surface area contributed by atoms with Crippen molar-refractivity contribution in [2.75, 3.05) is 27.2 Å². The van der Waals surface area contributed by atoms with Crippen molar-refractivity contribution in [1.29, 1.82) is 0 Å². The molecule has 6 nitrogen and oxygen atoms in total. The summed E-state index contributed by atoms with van der Waals surface area (Å²) in [5.41, 5.74) is 0.399. The zero-order valence-electron chi connectivity index (χ0n) is 14.5. The summed E-state index contributed by atoms with van der Waals surface area (Å²) < 4.78 is 25.3. The van der Waals surface area contributed by atoms with Crippen LogP contribution >= 0.6 is 0 Å². The summed E-state index contributed by atoms with van der Waals surface area (Å²) in [5.74, 6) is -0.267. The highest BCUT2D eigenvalue weighted by atomic mass is 32.2. The molecular weight excluding hydrogens is 314 g/mol. The molecule has 130 valence electrons. The Bertz CT molecular complexity index is 634. The number of carbonyl (C=O) groups is 1. The Morgan fingerprint density at radius 1 is 1.17 bits per heavy atom. The number of carbonyl (C=O) groups excluding carboxylic acids is 1. The minimum Gasteiger partial charge on any atom is -0.352 e. The third-order valence-corrected chi connectivity index (χ3v) is 4.98. The first-order valence-corrected chi connectivity index (χ1v) is 9.04. The highest BCUT2D eigenvalue weighted by Gasteiger charge is 2.18. The lowest BCUT2D eigenvalue weighted by atomic mass is 10.1. The highest BCUT2D eigenvalue weighted by molar-refractivity contribution is 7.89. The first kappa shape index (κ1) is 19.6. The maximum absolute atomic E-state index is 12.1. The van der Waals surface area contributed by atoms with E-state index in [4.69, 9.17) is 0 Å². The average Bonchev–Trinajstić information content (AvgIpc) is 2.45. The fourth-order valence-electron chi connectivity index (χ4n) is 1.86. The number of benzene rings is 1. The van der Waals surface area contributed by atoms with Crippen LogP contribution in [0.25, 0.3) is 0 Å². The molecule has 1 aromatic carbocycles. The van der Waals surface area contributed by atoms with Gasteiger partial charge in [-0.15, -0.1) is 0 Å². The fraction of sp³-hybridized carbons (Fsp3) is 0.562. The zero-order chi connectivity index (χ0) is 17.7. The van der Waals surface area contributed by atoms with Gasteiger partial charge in [0.15, 0.2) is 0 Å². The molecule has 7 heteroatoms. The SMILES string of the molecule is CN(C)S(=O)(=O)c1cccc(C(=O)NCCCNC(C)(C)C)c1. The topological polar surface area (TPSA) is 78.5 Å². The van der Waals surface area contributed by atoms with E-state index in [1.165, 1.54) is 26.2 Å². The predicted molar refractivity (Wildman–Crippen MR) is 92.0 cm³/mol. The second kappa shape index (κ2) is 7.90. The van der Waals surface area contributed by atoms with Crippen molar-refractivity contribution >= 4 is 15.9 Å². The van der Waals surface area contributed by atoms with Gasteiger partial charge in [-0.05, 0) is 51.9 Å². The highest BCUT2D eigenvalue weighted by Crippen LogP contribution is 2.14. The molecule has 0 unspecified atom stereocenters. The van der Waals surface area contributed by atoms with Crippen LogP contribution in [0, 0.1) is 0 Å². The maximum atomic E-state index is 12.1. The average molecular weight is 341 g/mol. The molecule has 0 fully saturated rings. The van der Waals surface area contributed by atoms with Crippen molar-refractivity contribution in [1.82, 2.24) is 14.9 Å². The van der Waals surface area contributed by atoms with Crippen LogP contribution in [0.5, 0.6) is 0 Å². The van der Waals surface area contributed by atoms with E-state index in [9.17, 15) is 13.2 Å². The summed E-state index contributed by atoms with van der Waals surface area (Å²) in [7, 11) is -0.610. The number of hydrogen-bond acceptors (Lipinski definition) is 4. The molecule has 0 aliphatic heterocycles. The Morgan fingerprint density at radius 2 is 1.83 bits per heavy atom. The van der Waals surface area contributed by atoms with Gasteiger partial charge in [-0.3, -0.25) is 4.79 Å². The molecule has 1 rings (SSSR count). The van der Waals surface area contributed by atoms with E-state index >= 15 is 0 Å². The molecule has 0 heterocycles. The molecule has 0 saturated heterocycles. The summed E-state index contributed by atoms with van der Waals surface area (Å²) in [6.07, 6.45) is 0.804.